The van der Waals surface area contributed by atoms with Crippen LogP contribution in [-0.2, 0) is 25.8 Å². The SMILES string of the molecule is O=C(Cc1ncc(Cl)s1)C(CC1CCOCC1)n1cc(S(=O)(=O)C2CCCC2)cn1. The minimum Gasteiger partial charge on any atom is -0.381 e. The molecule has 0 bridgehead atoms. The zero-order valence-corrected chi connectivity index (χ0v) is 19.1. The summed E-state index contributed by atoms with van der Waals surface area (Å²) in [5, 5.41) is 4.65. The highest BCUT2D eigenvalue weighted by Crippen LogP contribution is 2.32. The van der Waals surface area contributed by atoms with Gasteiger partial charge in [-0.15, -0.1) is 11.3 Å². The lowest BCUT2D eigenvalue weighted by atomic mass is 9.90. The standard InChI is InChI=1S/C20H26ClN3O4S2/c21-19-12-22-20(29-19)10-18(25)17(9-14-5-7-28-8-6-14)24-13-16(11-23-24)30(26,27)15-3-1-2-4-15/h11-15,17H,1-10H2. The van der Waals surface area contributed by atoms with Crippen molar-refractivity contribution < 1.29 is 17.9 Å². The molecule has 2 aliphatic rings. The van der Waals surface area contributed by atoms with Crippen molar-refractivity contribution in [1.82, 2.24) is 14.8 Å². The van der Waals surface area contributed by atoms with Crippen molar-refractivity contribution in [2.24, 2.45) is 5.92 Å². The quantitative estimate of drug-likeness (QED) is 0.580. The zero-order chi connectivity index (χ0) is 21.1. The van der Waals surface area contributed by atoms with Crippen molar-refractivity contribution >= 4 is 38.6 Å². The van der Waals surface area contributed by atoms with Gasteiger partial charge < -0.3 is 4.74 Å². The van der Waals surface area contributed by atoms with Crippen LogP contribution in [0.25, 0.3) is 0 Å². The minimum atomic E-state index is -3.41. The van der Waals surface area contributed by atoms with Crippen molar-refractivity contribution in [2.45, 2.75) is 67.6 Å². The van der Waals surface area contributed by atoms with Crippen molar-refractivity contribution in [3.05, 3.63) is 27.9 Å². The zero-order valence-electron chi connectivity index (χ0n) is 16.7. The fourth-order valence-corrected chi connectivity index (χ4v) is 7.10. The minimum absolute atomic E-state index is 0.0274. The lowest BCUT2D eigenvalue weighted by Gasteiger charge is -2.26. The predicted octanol–water partition coefficient (Wildman–Crippen LogP) is 3.88. The molecule has 0 N–H and O–H groups in total. The predicted molar refractivity (Wildman–Crippen MR) is 115 cm³/mol. The van der Waals surface area contributed by atoms with E-state index in [2.05, 4.69) is 10.1 Å². The number of carbonyl (C=O) groups excluding carboxylic acids is 1. The van der Waals surface area contributed by atoms with Crippen molar-refractivity contribution in [2.75, 3.05) is 13.2 Å². The summed E-state index contributed by atoms with van der Waals surface area (Å²) in [5.41, 5.74) is 0. The van der Waals surface area contributed by atoms with E-state index >= 15 is 0 Å². The van der Waals surface area contributed by atoms with Gasteiger partial charge in [-0.05, 0) is 38.0 Å². The normalized spacial score (nSPS) is 19.9. The number of ether oxygens (including phenoxy) is 1. The Morgan fingerprint density at radius 2 is 1.97 bits per heavy atom. The Morgan fingerprint density at radius 3 is 2.63 bits per heavy atom. The molecular weight excluding hydrogens is 446 g/mol. The molecule has 10 heteroatoms. The van der Waals surface area contributed by atoms with Crippen LogP contribution in [0.1, 0.15) is 56.0 Å². The summed E-state index contributed by atoms with van der Waals surface area (Å²) in [6.45, 7) is 1.38. The van der Waals surface area contributed by atoms with Gasteiger partial charge in [0.25, 0.3) is 0 Å². The Labute approximate surface area is 185 Å². The number of carbonyl (C=O) groups is 1. The van der Waals surface area contributed by atoms with E-state index in [9.17, 15) is 13.2 Å². The molecule has 1 atom stereocenters. The first kappa shape index (κ1) is 21.9. The van der Waals surface area contributed by atoms with Gasteiger partial charge in [-0.1, -0.05) is 24.4 Å². The van der Waals surface area contributed by atoms with Gasteiger partial charge in [0.1, 0.15) is 20.3 Å². The van der Waals surface area contributed by atoms with Gasteiger partial charge in [0.2, 0.25) is 0 Å². The van der Waals surface area contributed by atoms with Crippen molar-refractivity contribution in [3.63, 3.8) is 0 Å². The second-order valence-electron chi connectivity index (χ2n) is 8.12. The van der Waals surface area contributed by atoms with Gasteiger partial charge in [0, 0.05) is 19.4 Å². The molecule has 1 aliphatic heterocycles. The number of sulfone groups is 1. The molecule has 2 aromatic rings. The Balaban J connectivity index is 1.56. The molecule has 164 valence electrons. The van der Waals surface area contributed by atoms with Gasteiger partial charge in [-0.3, -0.25) is 9.48 Å². The maximum atomic E-state index is 13.2. The summed E-state index contributed by atoms with van der Waals surface area (Å²) in [6, 6.07) is -0.525. The second-order valence-corrected chi connectivity index (χ2v) is 12.1. The van der Waals surface area contributed by atoms with E-state index in [0.29, 0.717) is 47.7 Å². The molecule has 1 unspecified atom stereocenters. The molecule has 7 nitrogen and oxygen atoms in total. The summed E-state index contributed by atoms with van der Waals surface area (Å²) >= 11 is 7.25. The Kier molecular flexibility index (Phi) is 6.91. The van der Waals surface area contributed by atoms with E-state index in [0.717, 1.165) is 25.7 Å². The first-order valence-corrected chi connectivity index (χ1v) is 13.2. The molecule has 2 aromatic heterocycles. The van der Waals surface area contributed by atoms with E-state index in [1.165, 1.54) is 17.5 Å². The highest BCUT2D eigenvalue weighted by molar-refractivity contribution is 7.92. The van der Waals surface area contributed by atoms with Crippen LogP contribution in [0.2, 0.25) is 4.34 Å². The highest BCUT2D eigenvalue weighted by atomic mass is 35.5. The molecule has 1 saturated heterocycles. The molecule has 3 heterocycles. The number of rotatable bonds is 8. The van der Waals surface area contributed by atoms with Gasteiger partial charge in [0.05, 0.1) is 24.1 Å². The van der Waals surface area contributed by atoms with E-state index in [-0.39, 0.29) is 22.3 Å². The van der Waals surface area contributed by atoms with Gasteiger partial charge in [-0.2, -0.15) is 5.10 Å². The third-order valence-electron chi connectivity index (χ3n) is 6.09. The highest BCUT2D eigenvalue weighted by Gasteiger charge is 2.33. The number of thiazole rings is 1. The van der Waals surface area contributed by atoms with E-state index in [1.54, 1.807) is 17.1 Å². The molecule has 0 spiro atoms. The maximum Gasteiger partial charge on any atom is 0.184 e. The van der Waals surface area contributed by atoms with E-state index in [4.69, 9.17) is 16.3 Å². The van der Waals surface area contributed by atoms with E-state index < -0.39 is 15.9 Å². The van der Waals surface area contributed by atoms with Crippen molar-refractivity contribution in [1.29, 1.82) is 0 Å². The molecule has 0 amide bonds. The van der Waals surface area contributed by atoms with Crippen LogP contribution in [0, 0.1) is 5.92 Å². The molecule has 0 radical (unpaired) electrons. The fourth-order valence-electron chi connectivity index (χ4n) is 4.35. The maximum absolute atomic E-state index is 13.2. The third kappa shape index (κ3) is 4.95. The van der Waals surface area contributed by atoms with Gasteiger partial charge in [-0.25, -0.2) is 13.4 Å². The smallest absolute Gasteiger partial charge is 0.184 e. The monoisotopic (exact) mass is 471 g/mol. The number of aromatic nitrogens is 3. The average molecular weight is 472 g/mol. The summed E-state index contributed by atoms with van der Waals surface area (Å²) < 4.78 is 33.4. The number of halogens is 1. The second kappa shape index (κ2) is 9.46. The molecule has 30 heavy (non-hydrogen) atoms. The largest absolute Gasteiger partial charge is 0.381 e. The fraction of sp³-hybridized carbons (Fsp3) is 0.650. The Morgan fingerprint density at radius 1 is 1.23 bits per heavy atom. The number of hydrogen-bond donors (Lipinski definition) is 0. The summed E-state index contributed by atoms with van der Waals surface area (Å²) in [4.78, 5) is 17.6. The molecule has 0 aromatic carbocycles. The molecule has 4 rings (SSSR count). The molecule has 2 fully saturated rings. The van der Waals surface area contributed by atoms with Crippen LogP contribution < -0.4 is 0 Å². The number of hydrogen-bond acceptors (Lipinski definition) is 7. The molecule has 1 saturated carbocycles. The average Bonchev–Trinajstić information content (AvgIpc) is 3.49. The van der Waals surface area contributed by atoms with Gasteiger partial charge >= 0.3 is 0 Å². The molecular formula is C20H26ClN3O4S2. The Hall–Kier alpha value is -1.29. The van der Waals surface area contributed by atoms with Crippen LogP contribution in [0.5, 0.6) is 0 Å². The lowest BCUT2D eigenvalue weighted by molar-refractivity contribution is -0.122. The van der Waals surface area contributed by atoms with E-state index in [1.807, 2.05) is 0 Å². The van der Waals surface area contributed by atoms with Crippen molar-refractivity contribution in [3.8, 4) is 0 Å². The summed E-state index contributed by atoms with van der Waals surface area (Å²) in [7, 11) is -3.41. The summed E-state index contributed by atoms with van der Waals surface area (Å²) in [6.07, 6.45) is 10.3. The first-order valence-electron chi connectivity index (χ1n) is 10.4. The van der Waals surface area contributed by atoms with Crippen LogP contribution in [-0.4, -0.2) is 47.4 Å². The van der Waals surface area contributed by atoms with Crippen LogP contribution >= 0.6 is 22.9 Å². The van der Waals surface area contributed by atoms with Crippen LogP contribution in [0.3, 0.4) is 0 Å². The van der Waals surface area contributed by atoms with Crippen LogP contribution in [0.15, 0.2) is 23.5 Å². The topological polar surface area (TPSA) is 91.1 Å². The van der Waals surface area contributed by atoms with Gasteiger partial charge in [0.15, 0.2) is 15.6 Å². The lowest BCUT2D eigenvalue weighted by Crippen LogP contribution is -2.27. The molecule has 1 aliphatic carbocycles. The number of ketones is 1. The Bertz CT molecular complexity index is 976. The number of nitrogens with zero attached hydrogens (tertiary/aromatic N) is 3. The van der Waals surface area contributed by atoms with Crippen LogP contribution in [0.4, 0.5) is 0 Å². The number of Topliss-reactive ketones (excluding diaryl/α,β-unsaturated/α-hetero) is 1. The first-order chi connectivity index (χ1) is 14.4. The third-order valence-corrected chi connectivity index (χ3v) is 9.42. The summed E-state index contributed by atoms with van der Waals surface area (Å²) in [5.74, 6) is 0.312.